The Labute approximate surface area is 214 Å². The topological polar surface area (TPSA) is 68.2 Å². The van der Waals surface area contributed by atoms with Crippen LogP contribution in [0.5, 0.6) is 11.5 Å². The van der Waals surface area contributed by atoms with Crippen molar-refractivity contribution in [3.63, 3.8) is 0 Å². The summed E-state index contributed by atoms with van der Waals surface area (Å²) in [7, 11) is 5.23. The van der Waals surface area contributed by atoms with Crippen LogP contribution in [0.3, 0.4) is 0 Å². The molecule has 1 aliphatic carbocycles. The normalized spacial score (nSPS) is 17.1. The van der Waals surface area contributed by atoms with Crippen LogP contribution in [0.4, 0.5) is 4.39 Å². The van der Waals surface area contributed by atoms with E-state index in [-0.39, 0.29) is 23.8 Å². The lowest BCUT2D eigenvalue weighted by Gasteiger charge is -2.35. The van der Waals surface area contributed by atoms with Crippen molar-refractivity contribution in [2.45, 2.75) is 58.2 Å². The second-order valence-corrected chi connectivity index (χ2v) is 10.1. The number of aryl methyl sites for hydroxylation is 1. The van der Waals surface area contributed by atoms with Crippen molar-refractivity contribution in [1.29, 1.82) is 0 Å². The second kappa shape index (κ2) is 13.1. The Morgan fingerprint density at radius 1 is 1.08 bits per heavy atom. The summed E-state index contributed by atoms with van der Waals surface area (Å²) in [4.78, 5) is 14.2. The number of fused-ring (bicyclic) bond motifs is 1. The van der Waals surface area contributed by atoms with Gasteiger partial charge >= 0.3 is 5.97 Å². The first-order valence-corrected chi connectivity index (χ1v) is 12.8. The summed E-state index contributed by atoms with van der Waals surface area (Å²) < 4.78 is 30.6. The molecular weight excluding hydrogens is 461 g/mol. The van der Waals surface area contributed by atoms with Crippen LogP contribution in [-0.2, 0) is 28.8 Å². The molecule has 3 rings (SSSR count). The van der Waals surface area contributed by atoms with Gasteiger partial charge in [-0.25, -0.2) is 9.18 Å². The van der Waals surface area contributed by atoms with Crippen LogP contribution in [0.15, 0.2) is 36.4 Å². The third-order valence-electron chi connectivity index (χ3n) is 7.16. The number of aliphatic carboxylic acids is 1. The van der Waals surface area contributed by atoms with Crippen molar-refractivity contribution in [3.8, 4) is 11.5 Å². The molecule has 0 aromatic heterocycles. The van der Waals surface area contributed by atoms with Gasteiger partial charge < -0.3 is 24.2 Å². The molecule has 1 N–H and O–H groups in total. The largest absolute Gasteiger partial charge is 0.493 e. The van der Waals surface area contributed by atoms with Crippen molar-refractivity contribution < 1.29 is 28.5 Å². The monoisotopic (exact) mass is 501 g/mol. The Kier molecular flexibility index (Phi) is 10.1. The van der Waals surface area contributed by atoms with Crippen molar-refractivity contribution in [1.82, 2.24) is 4.90 Å². The number of carbonyl (C=O) groups is 1. The molecule has 0 aliphatic heterocycles. The molecule has 0 radical (unpaired) electrons. The lowest BCUT2D eigenvalue weighted by Crippen LogP contribution is -2.40. The number of rotatable bonds is 13. The highest BCUT2D eigenvalue weighted by atomic mass is 19.1. The number of hydrogen-bond donors (Lipinski definition) is 1. The molecule has 2 unspecified atom stereocenters. The number of nitrogens with zero attached hydrogens (tertiary/aromatic N) is 1. The van der Waals surface area contributed by atoms with E-state index >= 15 is 0 Å². The summed E-state index contributed by atoms with van der Waals surface area (Å²) in [6, 6.07) is 10.9. The molecule has 198 valence electrons. The Hall–Kier alpha value is -2.64. The van der Waals surface area contributed by atoms with E-state index in [0.717, 1.165) is 48.9 Å². The van der Waals surface area contributed by atoms with Gasteiger partial charge in [-0.15, -0.1) is 0 Å². The molecule has 0 saturated heterocycles. The average molecular weight is 502 g/mol. The predicted molar refractivity (Wildman–Crippen MR) is 138 cm³/mol. The molecule has 1 aliphatic rings. The lowest BCUT2D eigenvalue weighted by atomic mass is 9.78. The van der Waals surface area contributed by atoms with Gasteiger partial charge in [0.15, 0.2) is 17.6 Å². The van der Waals surface area contributed by atoms with Gasteiger partial charge in [0.1, 0.15) is 5.82 Å². The first-order valence-electron chi connectivity index (χ1n) is 12.8. The summed E-state index contributed by atoms with van der Waals surface area (Å²) in [5.41, 5.74) is 3.33. The summed E-state index contributed by atoms with van der Waals surface area (Å²) >= 11 is 0. The summed E-state index contributed by atoms with van der Waals surface area (Å²) in [5.74, 6) is 0.670. The van der Waals surface area contributed by atoms with Crippen molar-refractivity contribution in [3.05, 3.63) is 58.9 Å². The van der Waals surface area contributed by atoms with E-state index in [1.54, 1.807) is 20.3 Å². The summed E-state index contributed by atoms with van der Waals surface area (Å²) in [5, 5.41) is 9.91. The molecule has 36 heavy (non-hydrogen) atoms. The van der Waals surface area contributed by atoms with Crippen LogP contribution in [0.2, 0.25) is 0 Å². The predicted octanol–water partition coefficient (Wildman–Crippen LogP) is 5.01. The Bertz CT molecular complexity index is 1010. The van der Waals surface area contributed by atoms with Gasteiger partial charge in [-0.1, -0.05) is 26.0 Å². The third-order valence-corrected chi connectivity index (χ3v) is 7.16. The zero-order valence-electron chi connectivity index (χ0n) is 22.1. The van der Waals surface area contributed by atoms with Gasteiger partial charge in [0.05, 0.1) is 20.3 Å². The zero-order chi connectivity index (χ0) is 26.2. The Morgan fingerprint density at radius 3 is 2.50 bits per heavy atom. The highest BCUT2D eigenvalue weighted by molar-refractivity contribution is 5.72. The van der Waals surface area contributed by atoms with Crippen LogP contribution < -0.4 is 9.47 Å². The second-order valence-electron chi connectivity index (χ2n) is 10.1. The number of likely N-dealkylation sites (N-methyl/N-ethyl adjacent to an activating group) is 1. The van der Waals surface area contributed by atoms with Crippen LogP contribution >= 0.6 is 0 Å². The minimum absolute atomic E-state index is 0.165. The maximum Gasteiger partial charge on any atom is 0.332 e. The Morgan fingerprint density at radius 2 is 1.83 bits per heavy atom. The van der Waals surface area contributed by atoms with E-state index in [1.807, 2.05) is 31.3 Å². The van der Waals surface area contributed by atoms with E-state index in [1.165, 1.54) is 6.07 Å². The minimum Gasteiger partial charge on any atom is -0.493 e. The number of halogens is 1. The van der Waals surface area contributed by atoms with Gasteiger partial charge in [0.2, 0.25) is 0 Å². The fourth-order valence-electron chi connectivity index (χ4n) is 5.09. The maximum absolute atomic E-state index is 13.6. The van der Waals surface area contributed by atoms with E-state index in [9.17, 15) is 14.3 Å². The first-order chi connectivity index (χ1) is 17.2. The smallest absolute Gasteiger partial charge is 0.332 e. The van der Waals surface area contributed by atoms with E-state index in [0.29, 0.717) is 24.5 Å². The van der Waals surface area contributed by atoms with Crippen LogP contribution in [0.25, 0.3) is 0 Å². The van der Waals surface area contributed by atoms with Gasteiger partial charge in [-0.2, -0.15) is 0 Å². The average Bonchev–Trinajstić information content (AvgIpc) is 2.86. The van der Waals surface area contributed by atoms with Crippen LogP contribution in [-0.4, -0.2) is 62.5 Å². The fourth-order valence-corrected chi connectivity index (χ4v) is 5.09. The van der Waals surface area contributed by atoms with Crippen molar-refractivity contribution >= 4 is 5.97 Å². The molecule has 0 bridgehead atoms. The molecule has 0 saturated carbocycles. The molecule has 0 amide bonds. The quantitative estimate of drug-likeness (QED) is 0.416. The third kappa shape index (κ3) is 7.43. The Balaban J connectivity index is 1.55. The van der Waals surface area contributed by atoms with Gasteiger partial charge in [0.25, 0.3) is 0 Å². The summed E-state index contributed by atoms with van der Waals surface area (Å²) in [6.07, 6.45) is 2.65. The lowest BCUT2D eigenvalue weighted by molar-refractivity contribution is -0.160. The van der Waals surface area contributed by atoms with Crippen molar-refractivity contribution in [2.24, 2.45) is 11.8 Å². The van der Waals surface area contributed by atoms with Gasteiger partial charge in [-0.05, 0) is 91.9 Å². The molecule has 6 nitrogen and oxygen atoms in total. The SMILES string of the molecule is COc1ccc(CCN(C)CCC(OC(C(C)C)[C@@H]2CCc3cc(F)ccc3C2)C(=O)O)cc1OC. The number of ether oxygens (including phenoxy) is 3. The molecule has 7 heteroatoms. The standard InChI is InChI=1S/C29H40FNO5/c1-19(2)28(23-8-7-22-18-24(30)10-9-21(22)17-23)36-26(29(32)33)13-15-31(3)14-12-20-6-11-25(34-4)27(16-20)35-5/h6,9-11,16,18-19,23,26,28H,7-8,12-15,17H2,1-5H3,(H,32,33)/t23-,26?,28?/m1/s1. The van der Waals surface area contributed by atoms with Crippen molar-refractivity contribution in [2.75, 3.05) is 34.4 Å². The highest BCUT2D eigenvalue weighted by Crippen LogP contribution is 2.33. The number of methoxy groups -OCH3 is 2. The molecule has 3 atom stereocenters. The number of benzene rings is 2. The fraction of sp³-hybridized carbons (Fsp3) is 0.552. The van der Waals surface area contributed by atoms with E-state index in [2.05, 4.69) is 18.7 Å². The molecule has 0 fully saturated rings. The molecule has 0 spiro atoms. The van der Waals surface area contributed by atoms with Gasteiger partial charge in [0, 0.05) is 13.1 Å². The molecule has 2 aromatic carbocycles. The molecular formula is C29H40FNO5. The number of hydrogen-bond acceptors (Lipinski definition) is 5. The van der Waals surface area contributed by atoms with Gasteiger partial charge in [-0.3, -0.25) is 0 Å². The molecule has 0 heterocycles. The van der Waals surface area contributed by atoms with Crippen LogP contribution in [0.1, 0.15) is 43.4 Å². The summed E-state index contributed by atoms with van der Waals surface area (Å²) in [6.45, 7) is 5.56. The first kappa shape index (κ1) is 27.9. The maximum atomic E-state index is 13.6. The molecule has 2 aromatic rings. The number of carboxylic acid groups (broad SMARTS) is 1. The minimum atomic E-state index is -0.924. The number of carboxylic acids is 1. The highest BCUT2D eigenvalue weighted by Gasteiger charge is 2.33. The van der Waals surface area contributed by atoms with E-state index in [4.69, 9.17) is 14.2 Å². The van der Waals surface area contributed by atoms with Crippen LogP contribution in [0, 0.1) is 17.7 Å². The van der Waals surface area contributed by atoms with E-state index < -0.39 is 12.1 Å². The zero-order valence-corrected chi connectivity index (χ0v) is 22.1.